The van der Waals surface area contributed by atoms with E-state index in [1.54, 1.807) is 19.1 Å². The first-order chi connectivity index (χ1) is 14.3. The van der Waals surface area contributed by atoms with E-state index in [0.29, 0.717) is 11.3 Å². The number of carbonyl (C=O) groups excluding carboxylic acids is 2. The number of aromatic nitrogens is 1. The normalized spacial score (nSPS) is 11.6. The first kappa shape index (κ1) is 21.2. The number of ether oxygens (including phenoxy) is 1. The van der Waals surface area contributed by atoms with E-state index in [0.717, 1.165) is 22.8 Å². The van der Waals surface area contributed by atoms with Crippen molar-refractivity contribution in [2.45, 2.75) is 26.9 Å². The van der Waals surface area contributed by atoms with E-state index in [9.17, 15) is 9.59 Å². The third kappa shape index (κ3) is 4.71. The first-order valence-corrected chi connectivity index (χ1v) is 9.81. The molecule has 6 nitrogen and oxygen atoms in total. The van der Waals surface area contributed by atoms with Gasteiger partial charge in [-0.1, -0.05) is 0 Å². The maximum atomic E-state index is 12.4. The van der Waals surface area contributed by atoms with Crippen molar-refractivity contribution in [3.8, 4) is 5.69 Å². The summed E-state index contributed by atoms with van der Waals surface area (Å²) in [5.74, 6) is -0.913. The molecule has 3 aromatic rings. The standard InChI is InChI=1S/C24H27N3O3/c1-16-6-7-17(2)27(16)22-12-8-19(9-13-22)24(29)30-18(3)23(28)25-20-10-14-21(15-11-20)26(4)5/h6-15,18H,1-5H3,(H,25,28)/t18-/m1/s1. The molecule has 1 amide bonds. The first-order valence-electron chi connectivity index (χ1n) is 9.81. The number of anilines is 2. The molecule has 1 aromatic heterocycles. The second kappa shape index (κ2) is 8.86. The summed E-state index contributed by atoms with van der Waals surface area (Å²) >= 11 is 0. The third-order valence-electron chi connectivity index (χ3n) is 4.94. The quantitative estimate of drug-likeness (QED) is 0.620. The van der Waals surface area contributed by atoms with Gasteiger partial charge in [-0.05, 0) is 81.4 Å². The SMILES string of the molecule is Cc1ccc(C)n1-c1ccc(C(=O)O[C@H](C)C(=O)Nc2ccc(N(C)C)cc2)cc1. The highest BCUT2D eigenvalue weighted by Gasteiger charge is 2.19. The number of nitrogens with zero attached hydrogens (tertiary/aromatic N) is 2. The summed E-state index contributed by atoms with van der Waals surface area (Å²) in [4.78, 5) is 26.8. The summed E-state index contributed by atoms with van der Waals surface area (Å²) in [6, 6.07) is 18.7. The van der Waals surface area contributed by atoms with Crippen LogP contribution in [0.3, 0.4) is 0 Å². The van der Waals surface area contributed by atoms with Crippen LogP contribution in [-0.2, 0) is 9.53 Å². The van der Waals surface area contributed by atoms with Gasteiger partial charge in [-0.2, -0.15) is 0 Å². The monoisotopic (exact) mass is 405 g/mol. The minimum absolute atomic E-state index is 0.379. The highest BCUT2D eigenvalue weighted by molar-refractivity contribution is 5.97. The lowest BCUT2D eigenvalue weighted by Crippen LogP contribution is -2.30. The van der Waals surface area contributed by atoms with Crippen LogP contribution in [0.25, 0.3) is 5.69 Å². The summed E-state index contributed by atoms with van der Waals surface area (Å²) < 4.78 is 7.45. The number of nitrogens with one attached hydrogen (secondary N) is 1. The fourth-order valence-corrected chi connectivity index (χ4v) is 3.19. The molecule has 156 valence electrons. The Balaban J connectivity index is 1.61. The van der Waals surface area contributed by atoms with Gasteiger partial charge in [0.05, 0.1) is 5.56 Å². The molecule has 0 saturated heterocycles. The van der Waals surface area contributed by atoms with Gasteiger partial charge in [0, 0.05) is 42.5 Å². The molecule has 1 atom stereocenters. The van der Waals surface area contributed by atoms with Crippen LogP contribution in [0.15, 0.2) is 60.7 Å². The lowest BCUT2D eigenvalue weighted by Gasteiger charge is -2.16. The summed E-state index contributed by atoms with van der Waals surface area (Å²) in [7, 11) is 3.89. The van der Waals surface area contributed by atoms with Crippen molar-refractivity contribution in [3.05, 3.63) is 77.6 Å². The molecule has 0 aliphatic heterocycles. The second-order valence-electron chi connectivity index (χ2n) is 7.48. The number of amides is 1. The van der Waals surface area contributed by atoms with Crippen LogP contribution < -0.4 is 10.2 Å². The number of hydrogen-bond donors (Lipinski definition) is 1. The lowest BCUT2D eigenvalue weighted by atomic mass is 10.2. The number of benzene rings is 2. The van der Waals surface area contributed by atoms with Crippen LogP contribution in [0, 0.1) is 13.8 Å². The topological polar surface area (TPSA) is 63.6 Å². The van der Waals surface area contributed by atoms with Crippen molar-refractivity contribution in [2.75, 3.05) is 24.3 Å². The zero-order valence-corrected chi connectivity index (χ0v) is 18.0. The van der Waals surface area contributed by atoms with Crippen LogP contribution in [0.5, 0.6) is 0 Å². The van der Waals surface area contributed by atoms with Crippen molar-refractivity contribution in [1.29, 1.82) is 0 Å². The number of rotatable bonds is 6. The van der Waals surface area contributed by atoms with E-state index in [-0.39, 0.29) is 5.91 Å². The predicted molar refractivity (Wildman–Crippen MR) is 120 cm³/mol. The van der Waals surface area contributed by atoms with Crippen molar-refractivity contribution in [2.24, 2.45) is 0 Å². The van der Waals surface area contributed by atoms with Crippen LogP contribution in [0.4, 0.5) is 11.4 Å². The Bertz CT molecular complexity index is 1020. The maximum absolute atomic E-state index is 12.4. The summed E-state index contributed by atoms with van der Waals surface area (Å²) in [6.07, 6.45) is -0.917. The summed E-state index contributed by atoms with van der Waals surface area (Å²) in [5, 5.41) is 2.77. The highest BCUT2D eigenvalue weighted by Crippen LogP contribution is 2.18. The van der Waals surface area contributed by atoms with Gasteiger partial charge in [-0.25, -0.2) is 4.79 Å². The van der Waals surface area contributed by atoms with Crippen LogP contribution >= 0.6 is 0 Å². The minimum atomic E-state index is -0.917. The average Bonchev–Trinajstić information content (AvgIpc) is 3.06. The van der Waals surface area contributed by atoms with E-state index < -0.39 is 12.1 Å². The van der Waals surface area contributed by atoms with E-state index in [4.69, 9.17) is 4.74 Å². The van der Waals surface area contributed by atoms with Crippen LogP contribution in [0.2, 0.25) is 0 Å². The summed E-state index contributed by atoms with van der Waals surface area (Å²) in [6.45, 7) is 5.62. The maximum Gasteiger partial charge on any atom is 0.338 e. The molecule has 0 fully saturated rings. The van der Waals surface area contributed by atoms with Gasteiger partial charge in [-0.3, -0.25) is 4.79 Å². The van der Waals surface area contributed by atoms with Gasteiger partial charge in [0.25, 0.3) is 5.91 Å². The van der Waals surface area contributed by atoms with Crippen molar-refractivity contribution in [1.82, 2.24) is 4.57 Å². The van der Waals surface area contributed by atoms with Gasteiger partial charge in [0.15, 0.2) is 6.10 Å². The molecule has 2 aromatic carbocycles. The Morgan fingerprint density at radius 1 is 0.900 bits per heavy atom. The minimum Gasteiger partial charge on any atom is -0.449 e. The molecular weight excluding hydrogens is 378 g/mol. The molecule has 0 spiro atoms. The van der Waals surface area contributed by atoms with Crippen LogP contribution in [-0.4, -0.2) is 36.6 Å². The van der Waals surface area contributed by atoms with Crippen molar-refractivity contribution in [3.63, 3.8) is 0 Å². The molecule has 3 rings (SSSR count). The lowest BCUT2D eigenvalue weighted by molar-refractivity contribution is -0.123. The largest absolute Gasteiger partial charge is 0.449 e. The van der Waals surface area contributed by atoms with Gasteiger partial charge in [0.2, 0.25) is 0 Å². The molecule has 0 unspecified atom stereocenters. The molecule has 1 N–H and O–H groups in total. The fourth-order valence-electron chi connectivity index (χ4n) is 3.19. The number of aryl methyl sites for hydroxylation is 2. The smallest absolute Gasteiger partial charge is 0.338 e. The third-order valence-corrected chi connectivity index (χ3v) is 4.94. The molecule has 0 saturated carbocycles. The molecule has 30 heavy (non-hydrogen) atoms. The Morgan fingerprint density at radius 2 is 1.47 bits per heavy atom. The predicted octanol–water partition coefficient (Wildman–Crippen LogP) is 4.34. The summed E-state index contributed by atoms with van der Waals surface area (Å²) in [5.41, 5.74) is 5.28. The zero-order valence-electron chi connectivity index (χ0n) is 18.0. The Labute approximate surface area is 177 Å². The number of hydrogen-bond acceptors (Lipinski definition) is 4. The molecule has 1 heterocycles. The van der Waals surface area contributed by atoms with Gasteiger partial charge in [-0.15, -0.1) is 0 Å². The van der Waals surface area contributed by atoms with Gasteiger partial charge >= 0.3 is 5.97 Å². The molecule has 0 aliphatic carbocycles. The second-order valence-corrected chi connectivity index (χ2v) is 7.48. The molecule has 0 bridgehead atoms. The molecule has 0 radical (unpaired) electrons. The number of esters is 1. The average molecular weight is 405 g/mol. The van der Waals surface area contributed by atoms with Crippen molar-refractivity contribution >= 4 is 23.3 Å². The molecular formula is C24H27N3O3. The van der Waals surface area contributed by atoms with E-state index >= 15 is 0 Å². The van der Waals surface area contributed by atoms with Crippen molar-refractivity contribution < 1.29 is 14.3 Å². The van der Waals surface area contributed by atoms with E-state index in [1.807, 2.05) is 81.4 Å². The fraction of sp³-hybridized carbons (Fsp3) is 0.250. The number of carbonyl (C=O) groups is 2. The van der Waals surface area contributed by atoms with Gasteiger partial charge < -0.3 is 19.5 Å². The zero-order chi connectivity index (χ0) is 21.8. The Morgan fingerprint density at radius 3 is 2.00 bits per heavy atom. The van der Waals surface area contributed by atoms with Gasteiger partial charge in [0.1, 0.15) is 0 Å². The highest BCUT2D eigenvalue weighted by atomic mass is 16.5. The Kier molecular flexibility index (Phi) is 6.26. The molecule has 0 aliphatic rings. The molecule has 6 heteroatoms. The van der Waals surface area contributed by atoms with Crippen LogP contribution in [0.1, 0.15) is 28.7 Å². The Hall–Kier alpha value is -3.54. The van der Waals surface area contributed by atoms with E-state index in [2.05, 4.69) is 9.88 Å². The van der Waals surface area contributed by atoms with E-state index in [1.165, 1.54) is 0 Å².